The highest BCUT2D eigenvalue weighted by Crippen LogP contribution is 2.46. The summed E-state index contributed by atoms with van der Waals surface area (Å²) in [6.45, 7) is 0. The van der Waals surface area contributed by atoms with Crippen LogP contribution < -0.4 is 0 Å². The zero-order valence-electron chi connectivity index (χ0n) is 26.0. The predicted octanol–water partition coefficient (Wildman–Crippen LogP) is 13.5. The summed E-state index contributed by atoms with van der Waals surface area (Å²) in [4.78, 5) is 0. The van der Waals surface area contributed by atoms with Crippen LogP contribution in [0.5, 0.6) is 0 Å². The first-order valence-electron chi connectivity index (χ1n) is 16.6. The van der Waals surface area contributed by atoms with E-state index in [1.54, 1.807) is 0 Å². The molecule has 1 unspecified atom stereocenters. The van der Waals surface area contributed by atoms with E-state index in [2.05, 4.69) is 140 Å². The highest BCUT2D eigenvalue weighted by molar-refractivity contribution is 7.26. The molecule has 0 radical (unpaired) electrons. The fourth-order valence-corrected chi connectivity index (χ4v) is 10.6. The lowest BCUT2D eigenvalue weighted by Gasteiger charge is -2.28. The van der Waals surface area contributed by atoms with Gasteiger partial charge < -0.3 is 4.42 Å². The van der Waals surface area contributed by atoms with Crippen molar-refractivity contribution >= 4 is 85.0 Å². The van der Waals surface area contributed by atoms with Gasteiger partial charge in [-0.2, -0.15) is 0 Å². The lowest BCUT2D eigenvalue weighted by atomic mass is 9.76. The summed E-state index contributed by atoms with van der Waals surface area (Å²) in [5, 5.41) is 7.78. The van der Waals surface area contributed by atoms with Crippen LogP contribution >= 0.6 is 22.7 Å². The molecule has 3 heteroatoms. The van der Waals surface area contributed by atoms with E-state index < -0.39 is 0 Å². The number of thiophene rings is 2. The van der Waals surface area contributed by atoms with Gasteiger partial charge in [-0.3, -0.25) is 0 Å². The molecule has 1 aliphatic rings. The van der Waals surface area contributed by atoms with Crippen molar-refractivity contribution in [1.29, 1.82) is 0 Å². The van der Waals surface area contributed by atoms with E-state index in [1.807, 2.05) is 22.7 Å². The second-order valence-corrected chi connectivity index (χ2v) is 15.4. The second-order valence-electron chi connectivity index (χ2n) is 13.2. The molecular weight excluding hydrogens is 621 g/mol. The number of furan rings is 1. The lowest BCUT2D eigenvalue weighted by Crippen LogP contribution is -2.13. The maximum absolute atomic E-state index is 6.39. The summed E-state index contributed by atoms with van der Waals surface area (Å²) in [7, 11) is 0. The molecule has 0 aliphatic heterocycles. The number of rotatable bonds is 3. The Bertz CT molecular complexity index is 2920. The minimum atomic E-state index is 0.377. The van der Waals surface area contributed by atoms with E-state index in [0.717, 1.165) is 24.0 Å². The van der Waals surface area contributed by atoms with Crippen LogP contribution in [0.1, 0.15) is 22.6 Å². The standard InChI is InChI=1S/C45H28OS2/c1-2-9-30-27(8-1)22-29(36-25-41-38(24-37(30)36)32-10-3-5-14-40(32)46-41)20-26-16-18-34-35-13-7-12-31(45(35)48-44(34)21-26)28-17-19-43-39(23-28)33-11-4-6-15-42(33)47-43/h1-19,21,23-25,29H,20,22H2. The zero-order valence-corrected chi connectivity index (χ0v) is 27.6. The Balaban J connectivity index is 1.01. The van der Waals surface area contributed by atoms with Gasteiger partial charge in [0.15, 0.2) is 0 Å². The van der Waals surface area contributed by atoms with E-state index in [9.17, 15) is 0 Å². The van der Waals surface area contributed by atoms with Crippen molar-refractivity contribution in [3.63, 3.8) is 0 Å². The first-order valence-corrected chi connectivity index (χ1v) is 18.3. The predicted molar refractivity (Wildman–Crippen MR) is 207 cm³/mol. The number of hydrogen-bond donors (Lipinski definition) is 0. The number of para-hydroxylation sites is 1. The van der Waals surface area contributed by atoms with Gasteiger partial charge in [-0.25, -0.2) is 0 Å². The Morgan fingerprint density at radius 2 is 1.29 bits per heavy atom. The SMILES string of the molecule is c1ccc2c(c1)CC(Cc1ccc3c(c1)sc1c(-c4ccc5sc6ccccc6c5c4)cccc13)c1cc3oc4ccccc4c3cc1-2. The summed E-state index contributed by atoms with van der Waals surface area (Å²) in [5.41, 5.74) is 11.5. The average molecular weight is 649 g/mol. The van der Waals surface area contributed by atoms with Gasteiger partial charge in [0.05, 0.1) is 0 Å². The minimum Gasteiger partial charge on any atom is -0.456 e. The molecule has 0 spiro atoms. The average Bonchev–Trinajstić information content (AvgIpc) is 3.81. The van der Waals surface area contributed by atoms with Crippen molar-refractivity contribution in [1.82, 2.24) is 0 Å². The van der Waals surface area contributed by atoms with Crippen LogP contribution in [0, 0.1) is 0 Å². The van der Waals surface area contributed by atoms with Gasteiger partial charge in [0.2, 0.25) is 0 Å². The zero-order chi connectivity index (χ0) is 31.3. The van der Waals surface area contributed by atoms with E-state index in [-0.39, 0.29) is 0 Å². The molecule has 0 bridgehead atoms. The molecule has 0 amide bonds. The molecule has 0 saturated carbocycles. The summed E-state index contributed by atoms with van der Waals surface area (Å²) < 4.78 is 11.8. The number of fused-ring (bicyclic) bond motifs is 12. The third-order valence-corrected chi connectivity index (χ3v) is 12.8. The van der Waals surface area contributed by atoms with Crippen LogP contribution in [0.25, 0.3) is 84.5 Å². The first-order chi connectivity index (χ1) is 23.7. The van der Waals surface area contributed by atoms with Gasteiger partial charge in [-0.05, 0) is 100 Å². The summed E-state index contributed by atoms with van der Waals surface area (Å²) in [6, 6.07) is 51.9. The van der Waals surface area contributed by atoms with Crippen molar-refractivity contribution in [3.05, 3.63) is 156 Å². The Kier molecular flexibility index (Phi) is 5.66. The highest BCUT2D eigenvalue weighted by Gasteiger charge is 2.27. The third kappa shape index (κ3) is 3.95. The van der Waals surface area contributed by atoms with Gasteiger partial charge in [0.25, 0.3) is 0 Å². The summed E-state index contributed by atoms with van der Waals surface area (Å²) in [5.74, 6) is 0.377. The molecule has 10 aromatic rings. The molecule has 11 rings (SSSR count). The smallest absolute Gasteiger partial charge is 0.135 e. The van der Waals surface area contributed by atoms with Crippen molar-refractivity contribution in [3.8, 4) is 22.3 Å². The fraction of sp³-hybridized carbons (Fsp3) is 0.0667. The van der Waals surface area contributed by atoms with Crippen LogP contribution in [-0.4, -0.2) is 0 Å². The van der Waals surface area contributed by atoms with Crippen LogP contribution in [0.2, 0.25) is 0 Å². The number of benzene rings is 7. The normalized spacial score (nSPS) is 14.5. The van der Waals surface area contributed by atoms with Gasteiger partial charge >= 0.3 is 0 Å². The van der Waals surface area contributed by atoms with E-state index >= 15 is 0 Å². The molecule has 3 aromatic heterocycles. The van der Waals surface area contributed by atoms with Crippen molar-refractivity contribution < 1.29 is 4.42 Å². The van der Waals surface area contributed by atoms with Crippen LogP contribution in [-0.2, 0) is 12.8 Å². The first kappa shape index (κ1) is 26.8. The Morgan fingerprint density at radius 1 is 0.500 bits per heavy atom. The summed E-state index contributed by atoms with van der Waals surface area (Å²) >= 11 is 3.82. The summed E-state index contributed by atoms with van der Waals surface area (Å²) in [6.07, 6.45) is 2.02. The van der Waals surface area contributed by atoms with Crippen LogP contribution in [0.3, 0.4) is 0 Å². The molecule has 48 heavy (non-hydrogen) atoms. The van der Waals surface area contributed by atoms with Gasteiger partial charge in [0.1, 0.15) is 11.2 Å². The monoisotopic (exact) mass is 648 g/mol. The molecule has 1 nitrogen and oxygen atoms in total. The second kappa shape index (κ2) is 10.1. The Hall–Kier alpha value is -5.22. The number of hydrogen-bond acceptors (Lipinski definition) is 3. The topological polar surface area (TPSA) is 13.1 Å². The van der Waals surface area contributed by atoms with Crippen LogP contribution in [0.4, 0.5) is 0 Å². The Morgan fingerprint density at radius 3 is 2.27 bits per heavy atom. The fourth-order valence-electron chi connectivity index (χ4n) is 8.25. The maximum atomic E-state index is 6.39. The minimum absolute atomic E-state index is 0.377. The molecule has 7 aromatic carbocycles. The Labute approximate surface area is 285 Å². The molecule has 0 saturated heterocycles. The maximum Gasteiger partial charge on any atom is 0.135 e. The highest BCUT2D eigenvalue weighted by atomic mass is 32.1. The van der Waals surface area contributed by atoms with E-state index in [0.29, 0.717) is 5.92 Å². The lowest BCUT2D eigenvalue weighted by molar-refractivity contribution is 0.654. The van der Waals surface area contributed by atoms with Crippen molar-refractivity contribution in [2.75, 3.05) is 0 Å². The van der Waals surface area contributed by atoms with E-state index in [4.69, 9.17) is 4.42 Å². The third-order valence-electron chi connectivity index (χ3n) is 10.5. The molecular formula is C45H28OS2. The van der Waals surface area contributed by atoms with Gasteiger partial charge in [-0.1, -0.05) is 97.1 Å². The largest absolute Gasteiger partial charge is 0.456 e. The van der Waals surface area contributed by atoms with Crippen LogP contribution in [0.15, 0.2) is 144 Å². The molecule has 0 fully saturated rings. The molecule has 3 heterocycles. The van der Waals surface area contributed by atoms with E-state index in [1.165, 1.54) is 90.1 Å². The van der Waals surface area contributed by atoms with Crippen molar-refractivity contribution in [2.45, 2.75) is 18.8 Å². The molecule has 1 atom stereocenters. The molecule has 226 valence electrons. The quantitative estimate of drug-likeness (QED) is 0.186. The van der Waals surface area contributed by atoms with Crippen molar-refractivity contribution in [2.24, 2.45) is 0 Å². The molecule has 0 N–H and O–H groups in total. The van der Waals surface area contributed by atoms with Gasteiger partial charge in [0, 0.05) is 51.1 Å². The van der Waals surface area contributed by atoms with Gasteiger partial charge in [-0.15, -0.1) is 22.7 Å². The molecule has 1 aliphatic carbocycles.